The highest BCUT2D eigenvalue weighted by Crippen LogP contribution is 2.13. The number of nitrogens with one attached hydrogen (secondary N) is 2. The molecule has 0 amide bonds. The second-order valence-corrected chi connectivity index (χ2v) is 4.07. The topological polar surface area (TPSA) is 59.1 Å². The normalized spacial score (nSPS) is 10.0. The van der Waals surface area contributed by atoms with Crippen LogP contribution in [-0.4, -0.2) is 30.7 Å². The minimum Gasteiger partial charge on any atom is -0.497 e. The van der Waals surface area contributed by atoms with Crippen LogP contribution >= 0.6 is 0 Å². The van der Waals surface area contributed by atoms with Crippen molar-refractivity contribution in [3.63, 3.8) is 0 Å². The molecule has 0 unspecified atom stereocenters. The summed E-state index contributed by atoms with van der Waals surface area (Å²) in [5.41, 5.74) is 1.23. The van der Waals surface area contributed by atoms with Gasteiger partial charge in [-0.2, -0.15) is 0 Å². The molecular formula is C14H18N4O. The maximum absolute atomic E-state index is 5.20. The largest absolute Gasteiger partial charge is 0.497 e. The first-order valence-corrected chi connectivity index (χ1v) is 6.18. The third kappa shape index (κ3) is 3.84. The Hall–Kier alpha value is -2.30. The van der Waals surface area contributed by atoms with Crippen LogP contribution in [0.4, 0.5) is 11.6 Å². The zero-order valence-electron chi connectivity index (χ0n) is 11.2. The number of methoxy groups -OCH3 is 1. The molecule has 1 aromatic carbocycles. The quantitative estimate of drug-likeness (QED) is 0.831. The molecule has 2 rings (SSSR count). The van der Waals surface area contributed by atoms with Gasteiger partial charge in [0.05, 0.1) is 19.5 Å². The first-order valence-electron chi connectivity index (χ1n) is 6.18. The Bertz CT molecular complexity index is 483. The zero-order chi connectivity index (χ0) is 13.5. The fraction of sp³-hybridized carbons (Fsp3) is 0.286. The van der Waals surface area contributed by atoms with Crippen LogP contribution in [0.1, 0.15) is 5.56 Å². The molecule has 0 spiro atoms. The molecule has 0 fully saturated rings. The Morgan fingerprint density at radius 3 is 2.84 bits per heavy atom. The Labute approximate surface area is 113 Å². The Balaban J connectivity index is 1.88. The van der Waals surface area contributed by atoms with Gasteiger partial charge >= 0.3 is 0 Å². The molecule has 0 aliphatic carbocycles. The van der Waals surface area contributed by atoms with Crippen LogP contribution in [-0.2, 0) is 6.42 Å². The number of nitrogens with zero attached hydrogens (tertiary/aromatic N) is 2. The van der Waals surface area contributed by atoms with Gasteiger partial charge < -0.3 is 15.4 Å². The van der Waals surface area contributed by atoms with Crippen molar-refractivity contribution in [2.24, 2.45) is 0 Å². The van der Waals surface area contributed by atoms with Crippen LogP contribution < -0.4 is 15.4 Å². The molecule has 0 saturated carbocycles. The van der Waals surface area contributed by atoms with E-state index in [9.17, 15) is 0 Å². The summed E-state index contributed by atoms with van der Waals surface area (Å²) in [6.07, 6.45) is 4.31. The molecule has 100 valence electrons. The maximum Gasteiger partial charge on any atom is 0.146 e. The standard InChI is InChI=1S/C14H18N4O/c1-15-13-9-16-10-14(18-13)17-7-6-11-4-3-5-12(8-11)19-2/h3-5,8-10H,6-7H2,1-2H3,(H2,15,17,18). The zero-order valence-corrected chi connectivity index (χ0v) is 11.2. The van der Waals surface area contributed by atoms with E-state index in [1.54, 1.807) is 19.5 Å². The predicted molar refractivity (Wildman–Crippen MR) is 76.8 cm³/mol. The lowest BCUT2D eigenvalue weighted by molar-refractivity contribution is 0.414. The fourth-order valence-corrected chi connectivity index (χ4v) is 1.73. The highest BCUT2D eigenvalue weighted by atomic mass is 16.5. The molecule has 19 heavy (non-hydrogen) atoms. The number of benzene rings is 1. The Morgan fingerprint density at radius 2 is 2.05 bits per heavy atom. The van der Waals surface area contributed by atoms with Gasteiger partial charge in [0.15, 0.2) is 0 Å². The highest BCUT2D eigenvalue weighted by molar-refractivity contribution is 5.41. The smallest absolute Gasteiger partial charge is 0.146 e. The van der Waals surface area contributed by atoms with E-state index in [0.29, 0.717) is 0 Å². The van der Waals surface area contributed by atoms with Crippen molar-refractivity contribution in [1.82, 2.24) is 9.97 Å². The van der Waals surface area contributed by atoms with Crippen LogP contribution in [0.3, 0.4) is 0 Å². The van der Waals surface area contributed by atoms with E-state index in [1.165, 1.54) is 5.56 Å². The molecule has 5 heteroatoms. The molecule has 1 aromatic heterocycles. The lowest BCUT2D eigenvalue weighted by Crippen LogP contribution is -2.07. The van der Waals surface area contributed by atoms with Crippen molar-refractivity contribution >= 4 is 11.6 Å². The maximum atomic E-state index is 5.20. The van der Waals surface area contributed by atoms with Crippen molar-refractivity contribution in [2.75, 3.05) is 31.3 Å². The van der Waals surface area contributed by atoms with E-state index in [-0.39, 0.29) is 0 Å². The van der Waals surface area contributed by atoms with Gasteiger partial charge in [0, 0.05) is 13.6 Å². The molecule has 0 radical (unpaired) electrons. The molecule has 0 bridgehead atoms. The van der Waals surface area contributed by atoms with Gasteiger partial charge in [-0.1, -0.05) is 12.1 Å². The minimum atomic E-state index is 0.756. The Morgan fingerprint density at radius 1 is 1.21 bits per heavy atom. The number of ether oxygens (including phenoxy) is 1. The van der Waals surface area contributed by atoms with Crippen molar-refractivity contribution < 1.29 is 4.74 Å². The van der Waals surface area contributed by atoms with E-state index in [2.05, 4.69) is 26.7 Å². The van der Waals surface area contributed by atoms with Gasteiger partial charge in [0.2, 0.25) is 0 Å². The van der Waals surface area contributed by atoms with E-state index in [4.69, 9.17) is 4.74 Å². The molecule has 0 aliphatic rings. The summed E-state index contributed by atoms with van der Waals surface area (Å²) in [7, 11) is 3.50. The van der Waals surface area contributed by atoms with Crippen LogP contribution in [0.2, 0.25) is 0 Å². The van der Waals surface area contributed by atoms with Crippen molar-refractivity contribution in [2.45, 2.75) is 6.42 Å². The number of anilines is 2. The van der Waals surface area contributed by atoms with E-state index >= 15 is 0 Å². The number of hydrogen-bond acceptors (Lipinski definition) is 5. The molecule has 2 N–H and O–H groups in total. The average molecular weight is 258 g/mol. The number of hydrogen-bond donors (Lipinski definition) is 2. The van der Waals surface area contributed by atoms with Crippen LogP contribution in [0.25, 0.3) is 0 Å². The monoisotopic (exact) mass is 258 g/mol. The van der Waals surface area contributed by atoms with Gasteiger partial charge in [0.25, 0.3) is 0 Å². The molecule has 0 aliphatic heterocycles. The van der Waals surface area contributed by atoms with Gasteiger partial charge in [-0.25, -0.2) is 4.98 Å². The summed E-state index contributed by atoms with van der Waals surface area (Å²) < 4.78 is 5.20. The second kappa shape index (κ2) is 6.58. The van der Waals surface area contributed by atoms with Crippen LogP contribution in [0.5, 0.6) is 5.75 Å². The van der Waals surface area contributed by atoms with Gasteiger partial charge in [-0.05, 0) is 24.1 Å². The van der Waals surface area contributed by atoms with E-state index in [0.717, 1.165) is 30.4 Å². The SMILES string of the molecule is CNc1cncc(NCCc2cccc(OC)c2)n1. The summed E-state index contributed by atoms with van der Waals surface area (Å²) in [5, 5.41) is 6.21. The summed E-state index contributed by atoms with van der Waals surface area (Å²) >= 11 is 0. The number of rotatable bonds is 6. The average Bonchev–Trinajstić information content (AvgIpc) is 2.48. The summed E-state index contributed by atoms with van der Waals surface area (Å²) in [6, 6.07) is 8.06. The van der Waals surface area contributed by atoms with Gasteiger partial charge in [-0.3, -0.25) is 4.98 Å². The molecule has 0 atom stereocenters. The summed E-state index contributed by atoms with van der Waals surface area (Å²) in [5.74, 6) is 2.41. The molecule has 0 saturated heterocycles. The highest BCUT2D eigenvalue weighted by Gasteiger charge is 1.98. The first-order chi connectivity index (χ1) is 9.31. The minimum absolute atomic E-state index is 0.756. The lowest BCUT2D eigenvalue weighted by atomic mass is 10.1. The molecule has 1 heterocycles. The van der Waals surface area contributed by atoms with E-state index < -0.39 is 0 Å². The molecule has 5 nitrogen and oxygen atoms in total. The first kappa shape index (κ1) is 13.1. The van der Waals surface area contributed by atoms with Crippen LogP contribution in [0, 0.1) is 0 Å². The fourth-order valence-electron chi connectivity index (χ4n) is 1.73. The van der Waals surface area contributed by atoms with Gasteiger partial charge in [-0.15, -0.1) is 0 Å². The van der Waals surface area contributed by atoms with Gasteiger partial charge in [0.1, 0.15) is 17.4 Å². The van der Waals surface area contributed by atoms with Crippen LogP contribution in [0.15, 0.2) is 36.7 Å². The lowest BCUT2D eigenvalue weighted by Gasteiger charge is -2.07. The molecule has 2 aromatic rings. The third-order valence-electron chi connectivity index (χ3n) is 2.74. The van der Waals surface area contributed by atoms with E-state index in [1.807, 2.05) is 25.2 Å². The second-order valence-electron chi connectivity index (χ2n) is 4.07. The van der Waals surface area contributed by atoms with Crippen molar-refractivity contribution in [3.05, 3.63) is 42.2 Å². The number of aromatic nitrogens is 2. The summed E-state index contributed by atoms with van der Waals surface area (Å²) in [6.45, 7) is 0.801. The summed E-state index contributed by atoms with van der Waals surface area (Å²) in [4.78, 5) is 8.45. The third-order valence-corrected chi connectivity index (χ3v) is 2.74. The van der Waals surface area contributed by atoms with Crippen molar-refractivity contribution in [1.29, 1.82) is 0 Å². The predicted octanol–water partition coefficient (Wildman–Crippen LogP) is 2.18. The van der Waals surface area contributed by atoms with Crippen molar-refractivity contribution in [3.8, 4) is 5.75 Å². The molecular weight excluding hydrogens is 240 g/mol. The Kier molecular flexibility index (Phi) is 4.55.